The molecule has 1 aromatic rings. The molecule has 1 fully saturated rings. The molecule has 0 heterocycles. The van der Waals surface area contributed by atoms with Crippen LogP contribution in [0.15, 0.2) is 24.3 Å². The van der Waals surface area contributed by atoms with E-state index in [1.165, 1.54) is 24.3 Å². The number of benzene rings is 1. The van der Waals surface area contributed by atoms with Crippen molar-refractivity contribution >= 4 is 5.91 Å². The van der Waals surface area contributed by atoms with Crippen LogP contribution in [0.1, 0.15) is 51.7 Å². The van der Waals surface area contributed by atoms with Crippen molar-refractivity contribution in [3.63, 3.8) is 0 Å². The number of aliphatic hydroxyl groups is 2. The highest BCUT2D eigenvalue weighted by Crippen LogP contribution is 2.41. The molecule has 0 aromatic heterocycles. The minimum atomic E-state index is -1.39. The van der Waals surface area contributed by atoms with Gasteiger partial charge in [0, 0.05) is 6.54 Å². The highest BCUT2D eigenvalue weighted by molar-refractivity contribution is 5.85. The van der Waals surface area contributed by atoms with Crippen LogP contribution in [0.25, 0.3) is 0 Å². The average Bonchev–Trinajstić information content (AvgIpc) is 2.52. The van der Waals surface area contributed by atoms with Gasteiger partial charge in [0.2, 0.25) is 0 Å². The van der Waals surface area contributed by atoms with Crippen molar-refractivity contribution in [2.45, 2.75) is 51.7 Å². The molecule has 3 N–H and O–H groups in total. The maximum Gasteiger partial charge on any atom is 0.252 e. The van der Waals surface area contributed by atoms with Gasteiger partial charge in [0.25, 0.3) is 5.91 Å². The molecule has 0 bridgehead atoms. The molecule has 0 spiro atoms. The molecule has 1 unspecified atom stereocenters. The monoisotopic (exact) mass is 337 g/mol. The van der Waals surface area contributed by atoms with Crippen LogP contribution in [0.3, 0.4) is 0 Å². The summed E-state index contributed by atoms with van der Waals surface area (Å²) in [6.07, 6.45) is 1.34. The number of halogens is 1. The van der Waals surface area contributed by atoms with Crippen molar-refractivity contribution in [3.8, 4) is 0 Å². The van der Waals surface area contributed by atoms with E-state index < -0.39 is 17.6 Å². The Balaban J connectivity index is 2.02. The number of nitrogens with one attached hydrogen (secondary N) is 1. The summed E-state index contributed by atoms with van der Waals surface area (Å²) >= 11 is 0. The van der Waals surface area contributed by atoms with Crippen LogP contribution >= 0.6 is 0 Å². The molecule has 1 amide bonds. The van der Waals surface area contributed by atoms with Crippen LogP contribution in [0, 0.1) is 23.6 Å². The molecule has 1 saturated carbocycles. The third kappa shape index (κ3) is 4.14. The second kappa shape index (κ2) is 7.62. The average molecular weight is 337 g/mol. The largest absolute Gasteiger partial charge is 0.387 e. The van der Waals surface area contributed by atoms with Gasteiger partial charge in [-0.05, 0) is 48.3 Å². The van der Waals surface area contributed by atoms with Crippen molar-refractivity contribution in [2.24, 2.45) is 17.8 Å². The van der Waals surface area contributed by atoms with Crippen molar-refractivity contribution in [3.05, 3.63) is 35.6 Å². The summed E-state index contributed by atoms with van der Waals surface area (Å²) in [5.74, 6) is -0.390. The predicted molar refractivity (Wildman–Crippen MR) is 90.7 cm³/mol. The molecular weight excluding hydrogens is 309 g/mol. The van der Waals surface area contributed by atoms with E-state index in [0.29, 0.717) is 12.0 Å². The number of hydrogen-bond donors (Lipinski definition) is 3. The SMILES string of the molecule is CC(C)[C@@H]1CC[C@@H](C)C[C@@]1(O)C(=O)NCC(O)c1ccc(F)cc1. The first kappa shape index (κ1) is 18.9. The lowest BCUT2D eigenvalue weighted by Gasteiger charge is -2.43. The molecule has 24 heavy (non-hydrogen) atoms. The second-order valence-electron chi connectivity index (χ2n) is 7.44. The van der Waals surface area contributed by atoms with Crippen molar-refractivity contribution in [1.29, 1.82) is 0 Å². The summed E-state index contributed by atoms with van der Waals surface area (Å²) in [5, 5.41) is 23.8. The lowest BCUT2D eigenvalue weighted by atomic mass is 9.66. The van der Waals surface area contributed by atoms with Gasteiger partial charge < -0.3 is 15.5 Å². The summed E-state index contributed by atoms with van der Waals surface area (Å²) in [6.45, 7) is 6.08. The molecule has 1 aromatic carbocycles. The topological polar surface area (TPSA) is 69.6 Å². The predicted octanol–water partition coefficient (Wildman–Crippen LogP) is 2.80. The Labute approximate surface area is 143 Å². The highest BCUT2D eigenvalue weighted by Gasteiger charge is 2.48. The number of rotatable bonds is 5. The van der Waals surface area contributed by atoms with Crippen LogP contribution in [-0.2, 0) is 4.79 Å². The maximum absolute atomic E-state index is 12.9. The van der Waals surface area contributed by atoms with Gasteiger partial charge in [0.15, 0.2) is 0 Å². The van der Waals surface area contributed by atoms with E-state index in [0.717, 1.165) is 12.8 Å². The lowest BCUT2D eigenvalue weighted by molar-refractivity contribution is -0.156. The van der Waals surface area contributed by atoms with E-state index in [1.807, 2.05) is 20.8 Å². The summed E-state index contributed by atoms with van der Waals surface area (Å²) in [5.41, 5.74) is -0.866. The van der Waals surface area contributed by atoms with E-state index in [-0.39, 0.29) is 30.1 Å². The van der Waals surface area contributed by atoms with Crippen LogP contribution in [0.5, 0.6) is 0 Å². The zero-order valence-electron chi connectivity index (χ0n) is 14.6. The van der Waals surface area contributed by atoms with Gasteiger partial charge in [-0.1, -0.05) is 39.3 Å². The molecule has 1 aliphatic rings. The molecular formula is C19H28FNO3. The first-order chi connectivity index (χ1) is 11.2. The Morgan fingerprint density at radius 1 is 1.33 bits per heavy atom. The van der Waals surface area contributed by atoms with Gasteiger partial charge in [0.05, 0.1) is 6.10 Å². The number of carbonyl (C=O) groups excluding carboxylic acids is 1. The third-order valence-corrected chi connectivity index (χ3v) is 5.15. The van der Waals surface area contributed by atoms with Crippen molar-refractivity contribution in [1.82, 2.24) is 5.32 Å². The third-order valence-electron chi connectivity index (χ3n) is 5.15. The van der Waals surface area contributed by atoms with Crippen LogP contribution in [-0.4, -0.2) is 28.3 Å². The van der Waals surface area contributed by atoms with Crippen molar-refractivity contribution < 1.29 is 19.4 Å². The Bertz CT molecular complexity index is 560. The number of carbonyl (C=O) groups is 1. The van der Waals surface area contributed by atoms with E-state index in [1.54, 1.807) is 0 Å². The Hall–Kier alpha value is -1.46. The zero-order valence-corrected chi connectivity index (χ0v) is 14.6. The first-order valence-electron chi connectivity index (χ1n) is 8.68. The summed E-state index contributed by atoms with van der Waals surface area (Å²) in [6, 6.07) is 5.51. The van der Waals surface area contributed by atoms with Gasteiger partial charge in [-0.2, -0.15) is 0 Å². The van der Waals surface area contributed by atoms with E-state index >= 15 is 0 Å². The van der Waals surface area contributed by atoms with Gasteiger partial charge in [-0.25, -0.2) is 4.39 Å². The Morgan fingerprint density at radius 3 is 2.54 bits per heavy atom. The smallest absolute Gasteiger partial charge is 0.252 e. The number of hydrogen-bond acceptors (Lipinski definition) is 3. The van der Waals surface area contributed by atoms with Crippen LogP contribution < -0.4 is 5.32 Å². The van der Waals surface area contributed by atoms with Gasteiger partial charge in [-0.3, -0.25) is 4.79 Å². The highest BCUT2D eigenvalue weighted by atomic mass is 19.1. The molecule has 134 valence electrons. The molecule has 2 rings (SSSR count). The molecule has 0 aliphatic heterocycles. The molecule has 5 heteroatoms. The quantitative estimate of drug-likeness (QED) is 0.774. The van der Waals surface area contributed by atoms with E-state index in [2.05, 4.69) is 5.32 Å². The molecule has 0 saturated heterocycles. The number of aliphatic hydroxyl groups excluding tert-OH is 1. The fourth-order valence-electron chi connectivity index (χ4n) is 3.78. The standard InChI is InChI=1S/C19H28FNO3/c1-12(2)16-9-4-13(3)10-19(16,24)18(23)21-11-17(22)14-5-7-15(20)8-6-14/h5-8,12-13,16-17,22,24H,4,9-11H2,1-3H3,(H,21,23)/t13-,16+,17?,19+/m1/s1. The molecule has 4 atom stereocenters. The molecule has 1 aliphatic carbocycles. The lowest BCUT2D eigenvalue weighted by Crippen LogP contribution is -2.56. The second-order valence-corrected chi connectivity index (χ2v) is 7.44. The number of amides is 1. The zero-order chi connectivity index (χ0) is 17.9. The fraction of sp³-hybridized carbons (Fsp3) is 0.632. The van der Waals surface area contributed by atoms with Gasteiger partial charge in [0.1, 0.15) is 11.4 Å². The minimum Gasteiger partial charge on any atom is -0.387 e. The normalized spacial score (nSPS) is 28.6. The van der Waals surface area contributed by atoms with Crippen LogP contribution in [0.2, 0.25) is 0 Å². The van der Waals surface area contributed by atoms with E-state index in [9.17, 15) is 19.4 Å². The fourth-order valence-corrected chi connectivity index (χ4v) is 3.78. The summed E-state index contributed by atoms with van der Waals surface area (Å²) in [7, 11) is 0. The van der Waals surface area contributed by atoms with Gasteiger partial charge >= 0.3 is 0 Å². The molecule has 0 radical (unpaired) electrons. The summed E-state index contributed by atoms with van der Waals surface area (Å²) in [4.78, 5) is 12.6. The maximum atomic E-state index is 12.9. The minimum absolute atomic E-state index is 0.00796. The first-order valence-corrected chi connectivity index (χ1v) is 8.68. The van der Waals surface area contributed by atoms with Crippen LogP contribution in [0.4, 0.5) is 4.39 Å². The summed E-state index contributed by atoms with van der Waals surface area (Å²) < 4.78 is 12.9. The van der Waals surface area contributed by atoms with Gasteiger partial charge in [-0.15, -0.1) is 0 Å². The molecule has 4 nitrogen and oxygen atoms in total. The Morgan fingerprint density at radius 2 is 1.96 bits per heavy atom. The Kier molecular flexibility index (Phi) is 5.99. The van der Waals surface area contributed by atoms with Crippen molar-refractivity contribution in [2.75, 3.05) is 6.54 Å². The van der Waals surface area contributed by atoms with E-state index in [4.69, 9.17) is 0 Å².